The molecule has 1 aromatic rings. The summed E-state index contributed by atoms with van der Waals surface area (Å²) in [5.41, 5.74) is 5.89. The zero-order valence-electron chi connectivity index (χ0n) is 7.53. The molecule has 1 atom stereocenters. The number of hydrogen-bond acceptors (Lipinski definition) is 5. The molecule has 1 aromatic carbocycles. The van der Waals surface area contributed by atoms with E-state index < -0.39 is 17.8 Å². The van der Waals surface area contributed by atoms with Crippen LogP contribution in [0.25, 0.3) is 0 Å². The van der Waals surface area contributed by atoms with Crippen molar-refractivity contribution in [3.05, 3.63) is 21.7 Å². The maximum atomic E-state index is 11.4. The molecule has 1 aliphatic heterocycles. The molecule has 80 valence electrons. The van der Waals surface area contributed by atoms with E-state index in [0.29, 0.717) is 10.0 Å². The summed E-state index contributed by atoms with van der Waals surface area (Å²) < 4.78 is 5.43. The number of halogens is 1. The molecule has 1 heterocycles. The third kappa shape index (κ3) is 1.37. The highest BCUT2D eigenvalue weighted by Crippen LogP contribution is 2.44. The van der Waals surface area contributed by atoms with Crippen molar-refractivity contribution in [3.8, 4) is 11.5 Å². The molecule has 0 fully saturated rings. The van der Waals surface area contributed by atoms with E-state index in [1.165, 1.54) is 6.07 Å². The highest BCUT2D eigenvalue weighted by Gasteiger charge is 2.36. The van der Waals surface area contributed by atoms with Gasteiger partial charge in [-0.25, -0.2) is 4.79 Å². The van der Waals surface area contributed by atoms with Crippen molar-refractivity contribution in [2.45, 2.75) is 6.10 Å². The van der Waals surface area contributed by atoms with Gasteiger partial charge in [-0.1, -0.05) is 15.9 Å². The van der Waals surface area contributed by atoms with Gasteiger partial charge in [-0.15, -0.1) is 0 Å². The van der Waals surface area contributed by atoms with Gasteiger partial charge in [0, 0.05) is 16.6 Å². The van der Waals surface area contributed by atoms with Crippen LogP contribution >= 0.6 is 15.9 Å². The first-order chi connectivity index (χ1) is 7.06. The number of ether oxygens (including phenoxy) is 1. The van der Waals surface area contributed by atoms with Crippen LogP contribution in [0.3, 0.4) is 0 Å². The Kier molecular flexibility index (Phi) is 2.32. The largest absolute Gasteiger partial charge is 0.504 e. The molecule has 1 aliphatic rings. The number of carbonyl (C=O) groups excluding carboxylic acids is 1. The molecule has 0 radical (unpaired) electrons. The van der Waals surface area contributed by atoms with Gasteiger partial charge >= 0.3 is 5.97 Å². The van der Waals surface area contributed by atoms with Crippen LogP contribution in [0.1, 0.15) is 22.0 Å². The third-order valence-corrected chi connectivity index (χ3v) is 2.92. The Balaban J connectivity index is 2.72. The van der Waals surface area contributed by atoms with Gasteiger partial charge in [0.05, 0.1) is 0 Å². The minimum Gasteiger partial charge on any atom is -0.504 e. The first-order valence-corrected chi connectivity index (χ1v) is 5.01. The second-order valence-corrected chi connectivity index (χ2v) is 4.00. The van der Waals surface area contributed by atoms with Crippen molar-refractivity contribution in [3.63, 3.8) is 0 Å². The number of esters is 1. The fourth-order valence-corrected chi connectivity index (χ4v) is 2.25. The summed E-state index contributed by atoms with van der Waals surface area (Å²) >= 11 is 3.18. The predicted octanol–water partition coefficient (Wildman–Crippen LogP) is 1.03. The molecule has 0 bridgehead atoms. The molecular weight excluding hydrogens is 266 g/mol. The normalized spacial score (nSPS) is 18.8. The van der Waals surface area contributed by atoms with Gasteiger partial charge in [0.15, 0.2) is 11.5 Å². The molecule has 15 heavy (non-hydrogen) atoms. The molecule has 0 spiro atoms. The Morgan fingerprint density at radius 2 is 2.20 bits per heavy atom. The van der Waals surface area contributed by atoms with Crippen LogP contribution in [0.4, 0.5) is 0 Å². The Labute approximate surface area is 93.6 Å². The van der Waals surface area contributed by atoms with E-state index in [1.54, 1.807) is 0 Å². The molecule has 0 aliphatic carbocycles. The van der Waals surface area contributed by atoms with Crippen molar-refractivity contribution in [1.29, 1.82) is 0 Å². The highest BCUT2D eigenvalue weighted by atomic mass is 79.9. The van der Waals surface area contributed by atoms with E-state index in [1.807, 2.05) is 0 Å². The van der Waals surface area contributed by atoms with Gasteiger partial charge in [0.2, 0.25) is 0 Å². The lowest BCUT2D eigenvalue weighted by molar-refractivity contribution is 0.0400. The minimum atomic E-state index is -0.672. The van der Waals surface area contributed by atoms with Gasteiger partial charge in [0.25, 0.3) is 0 Å². The fraction of sp³-hybridized carbons (Fsp3) is 0.222. The fourth-order valence-electron chi connectivity index (χ4n) is 1.58. The van der Waals surface area contributed by atoms with Crippen molar-refractivity contribution in [2.24, 2.45) is 5.73 Å². The smallest absolute Gasteiger partial charge is 0.343 e. The number of hydrogen-bond donors (Lipinski definition) is 3. The quantitative estimate of drug-likeness (QED) is 0.525. The van der Waals surface area contributed by atoms with E-state index in [-0.39, 0.29) is 17.9 Å². The van der Waals surface area contributed by atoms with Crippen LogP contribution < -0.4 is 5.73 Å². The number of benzene rings is 1. The molecule has 0 amide bonds. The standard InChI is InChI=1S/C9H8BrNO4/c10-3-1-4(12)8(13)7-6(3)5(2-11)15-9(7)14/h1,5,12-13H,2,11H2. The van der Waals surface area contributed by atoms with Crippen LogP contribution in [0.2, 0.25) is 0 Å². The van der Waals surface area contributed by atoms with E-state index in [9.17, 15) is 15.0 Å². The van der Waals surface area contributed by atoms with Crippen LogP contribution in [0.5, 0.6) is 11.5 Å². The topological polar surface area (TPSA) is 92.8 Å². The number of nitrogens with two attached hydrogens (primary N) is 1. The lowest BCUT2D eigenvalue weighted by atomic mass is 10.0. The third-order valence-electron chi connectivity index (χ3n) is 2.26. The Hall–Kier alpha value is -1.27. The molecule has 0 aromatic heterocycles. The summed E-state index contributed by atoms with van der Waals surface area (Å²) in [5.74, 6) is -1.50. The second-order valence-electron chi connectivity index (χ2n) is 3.14. The van der Waals surface area contributed by atoms with Gasteiger partial charge in [-0.3, -0.25) is 0 Å². The summed E-state index contributed by atoms with van der Waals surface area (Å²) in [6.45, 7) is 0.127. The first-order valence-electron chi connectivity index (χ1n) is 4.21. The number of fused-ring (bicyclic) bond motifs is 1. The van der Waals surface area contributed by atoms with Crippen molar-refractivity contribution in [1.82, 2.24) is 0 Å². The second kappa shape index (κ2) is 3.39. The summed E-state index contributed by atoms with van der Waals surface area (Å²) in [7, 11) is 0. The summed E-state index contributed by atoms with van der Waals surface area (Å²) in [6.07, 6.45) is -0.576. The van der Waals surface area contributed by atoms with Crippen molar-refractivity contribution < 1.29 is 19.7 Å². The number of cyclic esters (lactones) is 1. The molecule has 0 saturated heterocycles. The number of phenolic OH excluding ortho intramolecular Hbond substituents is 2. The zero-order chi connectivity index (χ0) is 11.2. The van der Waals surface area contributed by atoms with E-state index in [4.69, 9.17) is 10.5 Å². The SMILES string of the molecule is NCC1OC(=O)c2c(O)c(O)cc(Br)c21. The molecule has 6 heteroatoms. The van der Waals surface area contributed by atoms with E-state index >= 15 is 0 Å². The predicted molar refractivity (Wildman–Crippen MR) is 54.7 cm³/mol. The Bertz CT molecular complexity index is 446. The number of phenols is 2. The van der Waals surface area contributed by atoms with Gasteiger partial charge < -0.3 is 20.7 Å². The van der Waals surface area contributed by atoms with Gasteiger partial charge in [-0.2, -0.15) is 0 Å². The average Bonchev–Trinajstić information content (AvgIpc) is 2.52. The average molecular weight is 274 g/mol. The number of aromatic hydroxyl groups is 2. The Morgan fingerprint density at radius 1 is 1.53 bits per heavy atom. The molecule has 1 unspecified atom stereocenters. The molecule has 2 rings (SSSR count). The first kappa shape index (κ1) is 10.3. The van der Waals surface area contributed by atoms with E-state index in [0.717, 1.165) is 0 Å². The maximum absolute atomic E-state index is 11.4. The van der Waals surface area contributed by atoms with Crippen LogP contribution in [0, 0.1) is 0 Å². The molecule has 0 saturated carbocycles. The lowest BCUT2D eigenvalue weighted by Gasteiger charge is -2.09. The van der Waals surface area contributed by atoms with Gasteiger partial charge in [-0.05, 0) is 6.07 Å². The zero-order valence-corrected chi connectivity index (χ0v) is 9.11. The Morgan fingerprint density at radius 3 is 2.80 bits per heavy atom. The van der Waals surface area contributed by atoms with Crippen LogP contribution in [0.15, 0.2) is 10.5 Å². The number of rotatable bonds is 1. The summed E-state index contributed by atoms with van der Waals surface area (Å²) in [5, 5.41) is 18.8. The van der Waals surface area contributed by atoms with Gasteiger partial charge in [0.1, 0.15) is 11.7 Å². The number of carbonyl (C=O) groups is 1. The van der Waals surface area contributed by atoms with Crippen LogP contribution in [-0.2, 0) is 4.74 Å². The molecular formula is C9H8BrNO4. The van der Waals surface area contributed by atoms with Crippen LogP contribution in [-0.4, -0.2) is 22.7 Å². The minimum absolute atomic E-state index is 0.0164. The van der Waals surface area contributed by atoms with Crippen molar-refractivity contribution in [2.75, 3.05) is 6.54 Å². The maximum Gasteiger partial charge on any atom is 0.343 e. The summed E-state index contributed by atoms with van der Waals surface area (Å²) in [4.78, 5) is 11.4. The lowest BCUT2D eigenvalue weighted by Crippen LogP contribution is -2.12. The van der Waals surface area contributed by atoms with Crippen molar-refractivity contribution >= 4 is 21.9 Å². The highest BCUT2D eigenvalue weighted by molar-refractivity contribution is 9.10. The molecule has 4 N–H and O–H groups in total. The monoisotopic (exact) mass is 273 g/mol. The molecule has 5 nitrogen and oxygen atoms in total. The summed E-state index contributed by atoms with van der Waals surface area (Å²) in [6, 6.07) is 1.30. The van der Waals surface area contributed by atoms with E-state index in [2.05, 4.69) is 15.9 Å².